The fraction of sp³-hybridized carbons (Fsp3) is 0.210. The highest BCUT2D eigenvalue weighted by Gasteiger charge is 2.43. The largest absolute Gasteiger partial charge is 0.346 e. The number of nitrogens with zero attached hydrogens (tertiary/aromatic N) is 2. The Hall–Kier alpha value is -8.44. The highest BCUT2D eigenvalue weighted by atomic mass is 32.1. The molecule has 442 valence electrons. The normalized spacial score (nSPS) is 14.6. The van der Waals surface area contributed by atoms with Crippen LogP contribution in [0.15, 0.2) is 243 Å². The van der Waals surface area contributed by atoms with Crippen LogP contribution in [0.4, 0.5) is 34.1 Å². The molecule has 2 aliphatic heterocycles. The van der Waals surface area contributed by atoms with Crippen LogP contribution < -0.4 is 9.80 Å². The van der Waals surface area contributed by atoms with Gasteiger partial charge in [-0.2, -0.15) is 0 Å². The van der Waals surface area contributed by atoms with Crippen LogP contribution in [0.1, 0.15) is 95.6 Å². The van der Waals surface area contributed by atoms with Crippen LogP contribution >= 0.6 is 22.7 Å². The lowest BCUT2D eigenvalue weighted by Crippen LogP contribution is -2.26. The van der Waals surface area contributed by atoms with E-state index in [1.807, 2.05) is 22.7 Å². The molecule has 89 heavy (non-hydrogen) atoms. The number of aryl methyl sites for hydroxylation is 4. The summed E-state index contributed by atoms with van der Waals surface area (Å²) in [5.41, 5.74) is 22.2. The first kappa shape index (κ1) is 57.0. The molecule has 0 atom stereocenters. The summed E-state index contributed by atoms with van der Waals surface area (Å²) in [5.74, 6) is 0. The molecule has 2 fully saturated rings. The predicted octanol–water partition coefficient (Wildman–Crippen LogP) is 22.2. The van der Waals surface area contributed by atoms with E-state index in [4.69, 9.17) is 18.9 Å². The molecule has 0 radical (unpaired) electrons. The molecular formula is C81H72N2O4S2. The zero-order chi connectivity index (χ0) is 59.7. The highest BCUT2D eigenvalue weighted by molar-refractivity contribution is 7.22. The summed E-state index contributed by atoms with van der Waals surface area (Å²) in [6.07, 6.45) is 7.79. The zero-order valence-corrected chi connectivity index (χ0v) is 52.2. The molecule has 15 rings (SSSR count). The van der Waals surface area contributed by atoms with Crippen molar-refractivity contribution >= 4 is 77.0 Å². The van der Waals surface area contributed by atoms with E-state index in [1.54, 1.807) is 0 Å². The van der Waals surface area contributed by atoms with Gasteiger partial charge in [0.25, 0.3) is 0 Å². The summed E-state index contributed by atoms with van der Waals surface area (Å²) in [4.78, 5) is 7.34. The maximum Gasteiger partial charge on any atom is 0.184 e. The van der Waals surface area contributed by atoms with E-state index < -0.39 is 0 Å². The number of para-hydroxylation sites is 2. The lowest BCUT2D eigenvalue weighted by molar-refractivity contribution is -0.0443. The Morgan fingerprint density at radius 3 is 1.22 bits per heavy atom. The van der Waals surface area contributed by atoms with Crippen molar-refractivity contribution in [3.05, 3.63) is 287 Å². The van der Waals surface area contributed by atoms with Crippen LogP contribution in [-0.4, -0.2) is 26.4 Å². The van der Waals surface area contributed by atoms with Gasteiger partial charge in [0.1, 0.15) is 0 Å². The summed E-state index contributed by atoms with van der Waals surface area (Å²) in [6, 6.07) is 90.7. The van der Waals surface area contributed by atoms with Gasteiger partial charge in [0.05, 0.1) is 26.4 Å². The lowest BCUT2D eigenvalue weighted by Gasteiger charge is -2.33. The van der Waals surface area contributed by atoms with E-state index in [0.29, 0.717) is 26.4 Å². The maximum atomic E-state index is 5.96. The van der Waals surface area contributed by atoms with E-state index in [2.05, 4.69) is 266 Å². The molecular weight excluding hydrogens is 1130 g/mol. The molecule has 6 nitrogen and oxygen atoms in total. The number of ether oxygens (including phenoxy) is 4. The number of unbranched alkanes of at least 4 members (excludes halogenated alkanes) is 2. The van der Waals surface area contributed by atoms with Crippen molar-refractivity contribution in [2.75, 3.05) is 36.2 Å². The van der Waals surface area contributed by atoms with Crippen LogP contribution in [0.5, 0.6) is 0 Å². The van der Waals surface area contributed by atoms with Gasteiger partial charge in [0.2, 0.25) is 0 Å². The molecule has 0 spiro atoms. The van der Waals surface area contributed by atoms with Crippen molar-refractivity contribution in [2.45, 2.75) is 83.2 Å². The fourth-order valence-corrected chi connectivity index (χ4v) is 16.2. The van der Waals surface area contributed by atoms with Gasteiger partial charge < -0.3 is 28.7 Å². The predicted molar refractivity (Wildman–Crippen MR) is 370 cm³/mol. The van der Waals surface area contributed by atoms with Crippen molar-refractivity contribution in [1.29, 1.82) is 0 Å². The Balaban J connectivity index is 0.814. The summed E-state index contributed by atoms with van der Waals surface area (Å²) < 4.78 is 26.4. The minimum atomic E-state index is -0.281. The van der Waals surface area contributed by atoms with Crippen molar-refractivity contribution in [3.63, 3.8) is 0 Å². The Kier molecular flexibility index (Phi) is 16.2. The monoisotopic (exact) mass is 1200 g/mol. The van der Waals surface area contributed by atoms with Gasteiger partial charge in [-0.1, -0.05) is 146 Å². The maximum absolute atomic E-state index is 5.96. The average molecular weight is 1200 g/mol. The Labute approximate surface area is 531 Å². The van der Waals surface area contributed by atoms with Crippen LogP contribution in [0.25, 0.3) is 52.2 Å². The summed E-state index contributed by atoms with van der Waals surface area (Å²) in [5, 5.41) is 2.50. The summed E-state index contributed by atoms with van der Waals surface area (Å²) in [7, 11) is 0. The SMILES string of the molecule is Cc1cccc(N(c2ccccc2)c2ccc3sc(-c4ccc5c(c4)C(CCCCc4cccc(C6OCCO6)c4)(CCCCc4cccc(C6OCCO6)c4)c4cc(-c6cc7cc(N(c8ccccc8)c8cccc(C)c8)ccc7s6)ccc4-5)cc3c2)c1. The molecule has 0 amide bonds. The van der Waals surface area contributed by atoms with E-state index in [0.717, 1.165) is 96.6 Å². The summed E-state index contributed by atoms with van der Waals surface area (Å²) >= 11 is 3.80. The van der Waals surface area contributed by atoms with Crippen molar-refractivity contribution in [3.8, 4) is 32.0 Å². The average Bonchev–Trinajstić information content (AvgIpc) is 1.66. The minimum absolute atomic E-state index is 0.237. The molecule has 10 aromatic carbocycles. The second-order valence-electron chi connectivity index (χ2n) is 24.3. The minimum Gasteiger partial charge on any atom is -0.346 e. The number of rotatable bonds is 20. The van der Waals surface area contributed by atoms with Crippen molar-refractivity contribution in [1.82, 2.24) is 0 Å². The summed E-state index contributed by atoms with van der Waals surface area (Å²) in [6.45, 7) is 6.89. The molecule has 0 unspecified atom stereocenters. The molecule has 2 aromatic heterocycles. The van der Waals surface area contributed by atoms with E-state index in [-0.39, 0.29) is 18.0 Å². The highest BCUT2D eigenvalue weighted by Crippen LogP contribution is 2.57. The molecule has 12 aromatic rings. The molecule has 0 saturated carbocycles. The number of hydrogen-bond acceptors (Lipinski definition) is 8. The van der Waals surface area contributed by atoms with Crippen LogP contribution in [0, 0.1) is 13.8 Å². The van der Waals surface area contributed by atoms with Gasteiger partial charge in [-0.25, -0.2) is 0 Å². The van der Waals surface area contributed by atoms with Crippen molar-refractivity contribution < 1.29 is 18.9 Å². The third-order valence-electron chi connectivity index (χ3n) is 18.3. The Morgan fingerprint density at radius 2 is 0.787 bits per heavy atom. The molecule has 0 bridgehead atoms. The van der Waals surface area contributed by atoms with E-state index in [1.165, 1.54) is 85.6 Å². The number of thiophene rings is 2. The molecule has 8 heteroatoms. The first-order valence-corrected chi connectivity index (χ1v) is 33.3. The van der Waals surface area contributed by atoms with E-state index in [9.17, 15) is 0 Å². The Bertz CT molecular complexity index is 4200. The van der Waals surface area contributed by atoms with Gasteiger partial charge in [0, 0.05) is 69.8 Å². The van der Waals surface area contributed by atoms with Crippen LogP contribution in [-0.2, 0) is 37.2 Å². The van der Waals surface area contributed by atoms with Gasteiger partial charge in [-0.15, -0.1) is 22.7 Å². The second-order valence-corrected chi connectivity index (χ2v) is 26.5. The van der Waals surface area contributed by atoms with Gasteiger partial charge in [-0.3, -0.25) is 0 Å². The number of anilines is 6. The van der Waals surface area contributed by atoms with Crippen LogP contribution in [0.3, 0.4) is 0 Å². The third-order valence-corrected chi connectivity index (χ3v) is 20.7. The molecule has 4 heterocycles. The number of benzene rings is 10. The number of fused-ring (bicyclic) bond motifs is 5. The smallest absolute Gasteiger partial charge is 0.184 e. The van der Waals surface area contributed by atoms with Crippen LogP contribution in [0.2, 0.25) is 0 Å². The fourth-order valence-electron chi connectivity index (χ4n) is 14.1. The third kappa shape index (κ3) is 11.8. The van der Waals surface area contributed by atoms with Gasteiger partial charge in [-0.05, 0) is 228 Å². The topological polar surface area (TPSA) is 43.4 Å². The molecule has 2 saturated heterocycles. The van der Waals surface area contributed by atoms with Crippen molar-refractivity contribution in [2.24, 2.45) is 0 Å². The quantitative estimate of drug-likeness (QED) is 0.0709. The second kappa shape index (κ2) is 25.2. The van der Waals surface area contributed by atoms with Gasteiger partial charge in [0.15, 0.2) is 12.6 Å². The standard InChI is InChI=1S/C81H72N2O4S2/c1-55-17-13-29-67(45-55)82(65-25-5-3-6-26-65)69-33-37-75-63(49-69)53-77(88-75)59-31-35-71-72-36-32-60(78-54-64-50-70(34-38-76(64)89-78)83(66-27-7-4-8-28-66)68-30-14-18-56(2)46-68)52-74(72)81(73(71)51-59,39-11-9-19-57-21-15-23-61(47-57)79-84-41-42-85-79)40-12-10-20-58-22-16-24-62(48-58)80-86-43-44-87-80/h3-8,13-18,21-38,45-54,79-80H,9-12,19-20,39-44H2,1-2H3. The first-order valence-electron chi connectivity index (χ1n) is 31.7. The zero-order valence-electron chi connectivity index (χ0n) is 50.6. The first-order chi connectivity index (χ1) is 43.9. The lowest BCUT2D eigenvalue weighted by atomic mass is 9.70. The van der Waals surface area contributed by atoms with E-state index >= 15 is 0 Å². The molecule has 3 aliphatic rings. The molecule has 1 aliphatic carbocycles. The molecule has 0 N–H and O–H groups in total. The number of hydrogen-bond donors (Lipinski definition) is 0. The Morgan fingerprint density at radius 1 is 0.371 bits per heavy atom. The van der Waals surface area contributed by atoms with Gasteiger partial charge >= 0.3 is 0 Å².